The molecule has 1 unspecified atom stereocenters. The molecule has 1 aromatic rings. The fourth-order valence-corrected chi connectivity index (χ4v) is 1.97. The lowest BCUT2D eigenvalue weighted by Crippen LogP contribution is -2.42. The van der Waals surface area contributed by atoms with E-state index in [2.05, 4.69) is 28.6 Å². The molecule has 0 spiro atoms. The molecule has 1 atom stereocenters. The number of rotatable bonds is 3. The molecule has 1 saturated heterocycles. The highest BCUT2D eigenvalue weighted by molar-refractivity contribution is 5.17. The van der Waals surface area contributed by atoms with Crippen LogP contribution in [0.25, 0.3) is 0 Å². The maximum Gasteiger partial charge on any atom is 0.0570 e. The maximum atomic E-state index is 4.38. The molecule has 0 saturated carbocycles. The fraction of sp³-hybridized carbons (Fsp3) is 0.583. The third-order valence-corrected chi connectivity index (χ3v) is 2.97. The van der Waals surface area contributed by atoms with Gasteiger partial charge in [-0.2, -0.15) is 0 Å². The Bertz CT molecular complexity index is 305. The molecule has 1 aliphatic rings. The van der Waals surface area contributed by atoms with Gasteiger partial charge in [0.15, 0.2) is 0 Å². The Morgan fingerprint density at radius 2 is 2.53 bits per heavy atom. The maximum absolute atomic E-state index is 4.38. The van der Waals surface area contributed by atoms with Crippen LogP contribution in [-0.4, -0.2) is 24.1 Å². The monoisotopic (exact) mass is 205 g/mol. The minimum Gasteiger partial charge on any atom is -0.315 e. The molecule has 0 bridgehead atoms. The SMILES string of the molecule is Cc1cccnc1CNC1CCCNC1. The molecule has 82 valence electrons. The van der Waals surface area contributed by atoms with Gasteiger partial charge in [-0.3, -0.25) is 4.98 Å². The van der Waals surface area contributed by atoms with Gasteiger partial charge >= 0.3 is 0 Å². The second-order valence-electron chi connectivity index (χ2n) is 4.19. The molecule has 1 aliphatic heterocycles. The molecule has 15 heavy (non-hydrogen) atoms. The summed E-state index contributed by atoms with van der Waals surface area (Å²) in [7, 11) is 0. The van der Waals surface area contributed by atoms with Crippen LogP contribution < -0.4 is 10.6 Å². The second kappa shape index (κ2) is 5.24. The van der Waals surface area contributed by atoms with Crippen molar-refractivity contribution in [2.75, 3.05) is 13.1 Å². The van der Waals surface area contributed by atoms with Crippen molar-refractivity contribution in [3.8, 4) is 0 Å². The first-order valence-electron chi connectivity index (χ1n) is 5.71. The Balaban J connectivity index is 1.84. The standard InChI is InChI=1S/C12H19N3/c1-10-4-2-7-14-12(10)9-15-11-5-3-6-13-8-11/h2,4,7,11,13,15H,3,5-6,8-9H2,1H3. The lowest BCUT2D eigenvalue weighted by Gasteiger charge is -2.23. The largest absolute Gasteiger partial charge is 0.315 e. The van der Waals surface area contributed by atoms with Gasteiger partial charge in [0.1, 0.15) is 0 Å². The van der Waals surface area contributed by atoms with E-state index >= 15 is 0 Å². The quantitative estimate of drug-likeness (QED) is 0.779. The van der Waals surface area contributed by atoms with Crippen molar-refractivity contribution in [2.24, 2.45) is 0 Å². The third kappa shape index (κ3) is 3.01. The Morgan fingerprint density at radius 1 is 1.60 bits per heavy atom. The van der Waals surface area contributed by atoms with Crippen molar-refractivity contribution in [3.63, 3.8) is 0 Å². The van der Waals surface area contributed by atoms with Gasteiger partial charge in [0.05, 0.1) is 5.69 Å². The lowest BCUT2D eigenvalue weighted by molar-refractivity contribution is 0.387. The van der Waals surface area contributed by atoms with Gasteiger partial charge in [0.2, 0.25) is 0 Å². The van der Waals surface area contributed by atoms with Crippen LogP contribution in [0.5, 0.6) is 0 Å². The van der Waals surface area contributed by atoms with Crippen LogP contribution in [0.3, 0.4) is 0 Å². The van der Waals surface area contributed by atoms with Crippen molar-refractivity contribution in [1.29, 1.82) is 0 Å². The van der Waals surface area contributed by atoms with Crippen LogP contribution in [0.2, 0.25) is 0 Å². The zero-order valence-electron chi connectivity index (χ0n) is 9.29. The number of hydrogen-bond acceptors (Lipinski definition) is 3. The van der Waals surface area contributed by atoms with Crippen LogP contribution in [0.15, 0.2) is 18.3 Å². The van der Waals surface area contributed by atoms with E-state index in [0.717, 1.165) is 13.1 Å². The molecular weight excluding hydrogens is 186 g/mol. The summed E-state index contributed by atoms with van der Waals surface area (Å²) in [4.78, 5) is 4.38. The van der Waals surface area contributed by atoms with Gasteiger partial charge < -0.3 is 10.6 Å². The Hall–Kier alpha value is -0.930. The molecule has 1 fully saturated rings. The number of nitrogens with zero attached hydrogens (tertiary/aromatic N) is 1. The Kier molecular flexibility index (Phi) is 3.69. The van der Waals surface area contributed by atoms with E-state index in [0.29, 0.717) is 6.04 Å². The third-order valence-electron chi connectivity index (χ3n) is 2.97. The lowest BCUT2D eigenvalue weighted by atomic mass is 10.1. The molecule has 3 heteroatoms. The van der Waals surface area contributed by atoms with E-state index in [4.69, 9.17) is 0 Å². The smallest absolute Gasteiger partial charge is 0.0570 e. The highest BCUT2D eigenvalue weighted by Gasteiger charge is 2.12. The van der Waals surface area contributed by atoms with E-state index in [1.165, 1.54) is 30.6 Å². The van der Waals surface area contributed by atoms with E-state index in [1.54, 1.807) is 0 Å². The average Bonchev–Trinajstić information content (AvgIpc) is 2.29. The number of piperidine rings is 1. The summed E-state index contributed by atoms with van der Waals surface area (Å²) in [6.45, 7) is 5.26. The van der Waals surface area contributed by atoms with Gasteiger partial charge in [-0.05, 0) is 37.9 Å². The number of nitrogens with one attached hydrogen (secondary N) is 2. The number of hydrogen-bond donors (Lipinski definition) is 2. The summed E-state index contributed by atoms with van der Waals surface area (Å²) < 4.78 is 0. The first kappa shape index (κ1) is 10.6. The van der Waals surface area contributed by atoms with Crippen molar-refractivity contribution in [2.45, 2.75) is 32.4 Å². The molecule has 0 amide bonds. The summed E-state index contributed by atoms with van der Waals surface area (Å²) in [6, 6.07) is 4.71. The number of aryl methyl sites for hydroxylation is 1. The zero-order valence-corrected chi connectivity index (χ0v) is 9.29. The molecule has 3 nitrogen and oxygen atoms in total. The molecule has 0 aromatic carbocycles. The highest BCUT2D eigenvalue weighted by atomic mass is 15.0. The van der Waals surface area contributed by atoms with Gasteiger partial charge in [0.25, 0.3) is 0 Å². The van der Waals surface area contributed by atoms with Crippen LogP contribution >= 0.6 is 0 Å². The summed E-state index contributed by atoms with van der Waals surface area (Å²) >= 11 is 0. The summed E-state index contributed by atoms with van der Waals surface area (Å²) in [5.41, 5.74) is 2.44. The zero-order chi connectivity index (χ0) is 10.5. The summed E-state index contributed by atoms with van der Waals surface area (Å²) in [5, 5.41) is 6.96. The predicted molar refractivity (Wildman–Crippen MR) is 61.7 cm³/mol. The molecule has 2 heterocycles. The van der Waals surface area contributed by atoms with Gasteiger partial charge in [-0.25, -0.2) is 0 Å². The molecule has 2 rings (SSSR count). The van der Waals surface area contributed by atoms with Crippen molar-refractivity contribution in [1.82, 2.24) is 15.6 Å². The normalized spacial score (nSPS) is 21.5. The van der Waals surface area contributed by atoms with E-state index < -0.39 is 0 Å². The van der Waals surface area contributed by atoms with E-state index in [1.807, 2.05) is 12.3 Å². The molecule has 1 aromatic heterocycles. The molecular formula is C12H19N3. The Morgan fingerprint density at radius 3 is 3.27 bits per heavy atom. The predicted octanol–water partition coefficient (Wildman–Crippen LogP) is 1.23. The Labute approximate surface area is 91.3 Å². The summed E-state index contributed by atoms with van der Waals surface area (Å²) in [6.07, 6.45) is 4.42. The average molecular weight is 205 g/mol. The van der Waals surface area contributed by atoms with Crippen LogP contribution in [0.4, 0.5) is 0 Å². The van der Waals surface area contributed by atoms with Gasteiger partial charge in [0, 0.05) is 25.3 Å². The highest BCUT2D eigenvalue weighted by Crippen LogP contribution is 2.05. The van der Waals surface area contributed by atoms with Crippen molar-refractivity contribution < 1.29 is 0 Å². The van der Waals surface area contributed by atoms with E-state index in [9.17, 15) is 0 Å². The minimum absolute atomic E-state index is 0.611. The minimum atomic E-state index is 0.611. The second-order valence-corrected chi connectivity index (χ2v) is 4.19. The van der Waals surface area contributed by atoms with Gasteiger partial charge in [-0.1, -0.05) is 6.07 Å². The van der Waals surface area contributed by atoms with Crippen molar-refractivity contribution >= 4 is 0 Å². The number of aromatic nitrogens is 1. The first-order valence-corrected chi connectivity index (χ1v) is 5.71. The molecule has 0 aliphatic carbocycles. The number of pyridine rings is 1. The fourth-order valence-electron chi connectivity index (χ4n) is 1.97. The van der Waals surface area contributed by atoms with Crippen LogP contribution in [-0.2, 0) is 6.54 Å². The van der Waals surface area contributed by atoms with Crippen molar-refractivity contribution in [3.05, 3.63) is 29.6 Å². The first-order chi connectivity index (χ1) is 7.36. The van der Waals surface area contributed by atoms with E-state index in [-0.39, 0.29) is 0 Å². The molecule has 0 radical (unpaired) electrons. The molecule has 2 N–H and O–H groups in total. The van der Waals surface area contributed by atoms with Crippen LogP contribution in [0.1, 0.15) is 24.1 Å². The van der Waals surface area contributed by atoms with Crippen LogP contribution in [0, 0.1) is 6.92 Å². The topological polar surface area (TPSA) is 37.0 Å². The summed E-state index contributed by atoms with van der Waals surface area (Å²) in [5.74, 6) is 0. The van der Waals surface area contributed by atoms with Gasteiger partial charge in [-0.15, -0.1) is 0 Å².